The maximum atomic E-state index is 13.8. The maximum Gasteiger partial charge on any atom is 0.276 e. The molecule has 228 valence electrons. The third-order valence-electron chi connectivity index (χ3n) is 9.44. The Hall–Kier alpha value is -4.51. The predicted octanol–water partition coefficient (Wildman–Crippen LogP) is 2.93. The summed E-state index contributed by atoms with van der Waals surface area (Å²) in [7, 11) is 3.87. The minimum Gasteiger partial charge on any atom is -0.354 e. The maximum absolute atomic E-state index is 13.8. The van der Waals surface area contributed by atoms with Gasteiger partial charge in [0, 0.05) is 70.7 Å². The van der Waals surface area contributed by atoms with Crippen LogP contribution < -0.4 is 15.1 Å². The van der Waals surface area contributed by atoms with Crippen molar-refractivity contribution in [3.63, 3.8) is 0 Å². The molecule has 0 saturated carbocycles. The third-order valence-corrected chi connectivity index (χ3v) is 9.44. The molecule has 11 heteroatoms. The van der Waals surface area contributed by atoms with Crippen LogP contribution in [-0.4, -0.2) is 95.8 Å². The van der Waals surface area contributed by atoms with Crippen LogP contribution in [0.1, 0.15) is 56.4 Å². The molecule has 11 nitrogen and oxygen atoms in total. The minimum absolute atomic E-state index is 0.126. The first kappa shape index (κ1) is 28.3. The van der Waals surface area contributed by atoms with E-state index in [-0.39, 0.29) is 17.7 Å². The van der Waals surface area contributed by atoms with Gasteiger partial charge in [-0.2, -0.15) is 0 Å². The smallest absolute Gasteiger partial charge is 0.276 e. The van der Waals surface area contributed by atoms with Crippen LogP contribution in [0.5, 0.6) is 0 Å². The van der Waals surface area contributed by atoms with Gasteiger partial charge in [-0.3, -0.25) is 19.3 Å². The van der Waals surface area contributed by atoms with Crippen LogP contribution in [0.25, 0.3) is 0 Å². The molecular formula is C33H38N8O3. The molecule has 0 aromatic carbocycles. The Morgan fingerprint density at radius 2 is 1.77 bits per heavy atom. The van der Waals surface area contributed by atoms with Crippen LogP contribution in [0.2, 0.25) is 0 Å². The van der Waals surface area contributed by atoms with Crippen molar-refractivity contribution in [1.29, 1.82) is 0 Å². The number of pyridine rings is 2. The predicted molar refractivity (Wildman–Crippen MR) is 168 cm³/mol. The van der Waals surface area contributed by atoms with Crippen LogP contribution in [-0.2, 0) is 24.2 Å². The second kappa shape index (κ2) is 11.5. The second-order valence-electron chi connectivity index (χ2n) is 12.2. The van der Waals surface area contributed by atoms with Crippen molar-refractivity contribution in [2.75, 3.05) is 68.5 Å². The quantitative estimate of drug-likeness (QED) is 0.435. The zero-order valence-electron chi connectivity index (χ0n) is 25.3. The molecule has 1 aliphatic carbocycles. The fraction of sp³-hybridized carbons (Fsp3) is 0.424. The molecule has 1 N–H and O–H groups in total. The van der Waals surface area contributed by atoms with Gasteiger partial charge >= 0.3 is 0 Å². The van der Waals surface area contributed by atoms with Crippen LogP contribution in [0.3, 0.4) is 0 Å². The number of likely N-dealkylation sites (N-methyl/N-ethyl adjacent to an activating group) is 2. The topological polar surface area (TPSA) is 107 Å². The molecule has 0 spiro atoms. The monoisotopic (exact) mass is 594 g/mol. The molecule has 0 bridgehead atoms. The van der Waals surface area contributed by atoms with Gasteiger partial charge < -0.3 is 24.6 Å². The Labute approximate surface area is 257 Å². The van der Waals surface area contributed by atoms with Gasteiger partial charge in [0.05, 0.1) is 5.56 Å². The van der Waals surface area contributed by atoms with Gasteiger partial charge in [-0.15, -0.1) is 0 Å². The standard InChI is InChI=1S/C33H38N8O3/c1-37-12-14-39(15-13-37)30-9-5-8-29(36-30)35-26-18-23(20-38(2)32(26)43)24-10-11-34-31(25(24)21-42)41-17-16-40-27-7-4-3-6-22(27)19-28(40)33(41)44/h5,8-11,18-19,21,23H,3-4,6-7,12-17,20H2,1-2H3,(H,35,36). The number of hydrogen-bond donors (Lipinski definition) is 1. The number of anilines is 3. The first-order chi connectivity index (χ1) is 21.4. The molecule has 7 rings (SSSR count). The fourth-order valence-corrected chi connectivity index (χ4v) is 7.01. The zero-order valence-corrected chi connectivity index (χ0v) is 25.3. The summed E-state index contributed by atoms with van der Waals surface area (Å²) in [6, 6.07) is 9.64. The number of aromatic nitrogens is 3. The van der Waals surface area contributed by atoms with E-state index >= 15 is 0 Å². The number of rotatable bonds is 6. The number of carbonyl (C=O) groups is 3. The average molecular weight is 595 g/mol. The molecule has 3 aromatic heterocycles. The van der Waals surface area contributed by atoms with E-state index in [9.17, 15) is 14.4 Å². The number of aldehydes is 1. The Kier molecular flexibility index (Phi) is 7.41. The summed E-state index contributed by atoms with van der Waals surface area (Å²) in [6.45, 7) is 5.26. The first-order valence-electron chi connectivity index (χ1n) is 15.5. The SMILES string of the molecule is CN1CCN(c2cccc(NC3=CC(c4ccnc(N5CCn6c(cc7c6CCCC7)C5=O)c4C=O)CN(C)C3=O)n2)CC1. The number of amides is 2. The van der Waals surface area contributed by atoms with Crippen molar-refractivity contribution in [2.24, 2.45) is 0 Å². The number of nitrogens with zero attached hydrogens (tertiary/aromatic N) is 7. The van der Waals surface area contributed by atoms with Gasteiger partial charge in [0.1, 0.15) is 28.8 Å². The van der Waals surface area contributed by atoms with Gasteiger partial charge in [0.15, 0.2) is 6.29 Å². The lowest BCUT2D eigenvalue weighted by atomic mass is 9.91. The summed E-state index contributed by atoms with van der Waals surface area (Å²) in [5.74, 6) is 1.28. The van der Waals surface area contributed by atoms with E-state index in [2.05, 4.69) is 31.7 Å². The Morgan fingerprint density at radius 1 is 0.955 bits per heavy atom. The van der Waals surface area contributed by atoms with Crippen molar-refractivity contribution in [1.82, 2.24) is 24.3 Å². The summed E-state index contributed by atoms with van der Waals surface area (Å²) >= 11 is 0. The summed E-state index contributed by atoms with van der Waals surface area (Å²) in [5.41, 5.74) is 4.73. The number of fused-ring (bicyclic) bond motifs is 3. The fourth-order valence-electron chi connectivity index (χ4n) is 7.01. The molecule has 1 fully saturated rings. The van der Waals surface area contributed by atoms with E-state index in [1.807, 2.05) is 36.4 Å². The molecule has 3 aromatic rings. The lowest BCUT2D eigenvalue weighted by Crippen LogP contribution is -2.44. The molecule has 1 saturated heterocycles. The lowest BCUT2D eigenvalue weighted by Gasteiger charge is -2.33. The summed E-state index contributed by atoms with van der Waals surface area (Å²) in [4.78, 5) is 56.9. The number of piperazine rings is 1. The number of carbonyl (C=O) groups excluding carboxylic acids is 3. The highest BCUT2D eigenvalue weighted by molar-refractivity contribution is 6.08. The molecule has 1 unspecified atom stereocenters. The molecule has 3 aliphatic heterocycles. The first-order valence-corrected chi connectivity index (χ1v) is 15.5. The molecule has 44 heavy (non-hydrogen) atoms. The van der Waals surface area contributed by atoms with Gasteiger partial charge in [-0.05, 0) is 74.2 Å². The van der Waals surface area contributed by atoms with Crippen LogP contribution in [0.4, 0.5) is 17.5 Å². The van der Waals surface area contributed by atoms with Crippen LogP contribution in [0.15, 0.2) is 48.3 Å². The van der Waals surface area contributed by atoms with E-state index in [4.69, 9.17) is 4.98 Å². The number of aryl methyl sites for hydroxylation is 1. The minimum atomic E-state index is -0.279. The van der Waals surface area contributed by atoms with Gasteiger partial charge in [0.25, 0.3) is 11.8 Å². The van der Waals surface area contributed by atoms with Gasteiger partial charge in [-0.1, -0.05) is 6.07 Å². The largest absolute Gasteiger partial charge is 0.354 e. The van der Waals surface area contributed by atoms with Gasteiger partial charge in [-0.25, -0.2) is 9.97 Å². The Bertz CT molecular complexity index is 1650. The number of hydrogen-bond acceptors (Lipinski definition) is 8. The highest BCUT2D eigenvalue weighted by atomic mass is 16.2. The van der Waals surface area contributed by atoms with E-state index in [0.717, 1.165) is 69.5 Å². The van der Waals surface area contributed by atoms with Crippen molar-refractivity contribution < 1.29 is 14.4 Å². The highest BCUT2D eigenvalue weighted by Crippen LogP contribution is 2.34. The average Bonchev–Trinajstić information content (AvgIpc) is 3.43. The zero-order chi connectivity index (χ0) is 30.4. The van der Waals surface area contributed by atoms with E-state index < -0.39 is 0 Å². The van der Waals surface area contributed by atoms with Crippen molar-refractivity contribution >= 4 is 35.6 Å². The van der Waals surface area contributed by atoms with Crippen molar-refractivity contribution in [3.05, 3.63) is 76.4 Å². The molecule has 2 amide bonds. The van der Waals surface area contributed by atoms with Crippen molar-refractivity contribution in [3.8, 4) is 0 Å². The van der Waals surface area contributed by atoms with Crippen molar-refractivity contribution in [2.45, 2.75) is 38.1 Å². The molecule has 0 radical (unpaired) electrons. The summed E-state index contributed by atoms with van der Waals surface area (Å²) in [5, 5.41) is 3.26. The van der Waals surface area contributed by atoms with E-state index in [1.54, 1.807) is 23.0 Å². The molecule has 6 heterocycles. The van der Waals surface area contributed by atoms with Crippen LogP contribution >= 0.6 is 0 Å². The second-order valence-corrected chi connectivity index (χ2v) is 12.2. The number of nitrogens with one attached hydrogen (secondary N) is 1. The summed E-state index contributed by atoms with van der Waals surface area (Å²) in [6.07, 6.45) is 8.62. The van der Waals surface area contributed by atoms with E-state index in [1.165, 1.54) is 11.3 Å². The normalized spacial score (nSPS) is 20.7. The highest BCUT2D eigenvalue weighted by Gasteiger charge is 2.34. The Morgan fingerprint density at radius 3 is 2.59 bits per heavy atom. The summed E-state index contributed by atoms with van der Waals surface area (Å²) < 4.78 is 2.16. The molecule has 1 atom stereocenters. The lowest BCUT2D eigenvalue weighted by molar-refractivity contribution is -0.126. The van der Waals surface area contributed by atoms with Crippen LogP contribution in [0, 0.1) is 0 Å². The molecular weight excluding hydrogens is 556 g/mol. The molecule has 4 aliphatic rings. The third kappa shape index (κ3) is 5.04. The van der Waals surface area contributed by atoms with Gasteiger partial charge in [0.2, 0.25) is 0 Å². The van der Waals surface area contributed by atoms with E-state index in [0.29, 0.717) is 48.2 Å². The Balaban J connectivity index is 1.17.